The Morgan fingerprint density at radius 2 is 1.82 bits per heavy atom. The average Bonchev–Trinajstić information content (AvgIpc) is 2.65. The molecule has 2 unspecified atom stereocenters. The van der Waals surface area contributed by atoms with E-state index in [0.29, 0.717) is 28.8 Å². The lowest BCUT2D eigenvalue weighted by Gasteiger charge is -2.46. The molecule has 3 rings (SSSR count). The third-order valence-electron chi connectivity index (χ3n) is 4.83. The quantitative estimate of drug-likeness (QED) is 0.593. The Hall–Kier alpha value is -1.95. The van der Waals surface area contributed by atoms with Gasteiger partial charge in [0.15, 0.2) is 17.8 Å². The Morgan fingerprint density at radius 1 is 1.18 bits per heavy atom. The van der Waals surface area contributed by atoms with Crippen molar-refractivity contribution in [1.29, 1.82) is 0 Å². The molecule has 2 atom stereocenters. The number of carbonyl (C=O) groups is 1. The van der Waals surface area contributed by atoms with Crippen molar-refractivity contribution in [3.8, 4) is 5.75 Å². The summed E-state index contributed by atoms with van der Waals surface area (Å²) in [6.45, 7) is 3.99. The smallest absolute Gasteiger partial charge is 0.409 e. The second-order valence-electron chi connectivity index (χ2n) is 6.90. The van der Waals surface area contributed by atoms with E-state index in [0.717, 1.165) is 24.0 Å². The standard InChI is InChI=1S/C21H23Cl2NO4/c1-14-12-17(22)19(18(23)13-14)27-15(2)28-21(16-8-4-3-5-9-16)10-6-7-11-24(21)20(25)26/h3-5,8-9,12-13,15H,6-7,10-11H2,1-2H3,(H,25,26). The molecule has 0 radical (unpaired) electrons. The van der Waals surface area contributed by atoms with Gasteiger partial charge in [0.2, 0.25) is 0 Å². The summed E-state index contributed by atoms with van der Waals surface area (Å²) in [6, 6.07) is 12.9. The molecule has 0 spiro atoms. The molecule has 0 saturated carbocycles. The molecule has 1 N–H and O–H groups in total. The first-order valence-electron chi connectivity index (χ1n) is 9.20. The molecule has 0 aliphatic carbocycles. The van der Waals surface area contributed by atoms with E-state index in [9.17, 15) is 9.90 Å². The molecular weight excluding hydrogens is 401 g/mol. The van der Waals surface area contributed by atoms with Crippen molar-refractivity contribution in [2.75, 3.05) is 6.54 Å². The fraction of sp³-hybridized carbons (Fsp3) is 0.381. The first-order chi connectivity index (χ1) is 13.3. The first kappa shape index (κ1) is 20.8. The highest BCUT2D eigenvalue weighted by atomic mass is 35.5. The van der Waals surface area contributed by atoms with Crippen LogP contribution in [-0.4, -0.2) is 28.9 Å². The van der Waals surface area contributed by atoms with Crippen LogP contribution >= 0.6 is 23.2 Å². The number of ether oxygens (including phenoxy) is 2. The number of benzene rings is 2. The topological polar surface area (TPSA) is 59.0 Å². The number of carboxylic acid groups (broad SMARTS) is 1. The van der Waals surface area contributed by atoms with Crippen molar-refractivity contribution < 1.29 is 19.4 Å². The van der Waals surface area contributed by atoms with Crippen LogP contribution in [0.25, 0.3) is 0 Å². The van der Waals surface area contributed by atoms with Crippen LogP contribution in [0.5, 0.6) is 5.75 Å². The Balaban J connectivity index is 1.93. The van der Waals surface area contributed by atoms with Crippen LogP contribution in [0.4, 0.5) is 4.79 Å². The summed E-state index contributed by atoms with van der Waals surface area (Å²) in [5.74, 6) is 0.322. The van der Waals surface area contributed by atoms with Crippen LogP contribution in [-0.2, 0) is 10.5 Å². The SMILES string of the molecule is Cc1cc(Cl)c(OC(C)OC2(c3ccccc3)CCCCN2C(=O)O)c(Cl)c1. The Labute approximate surface area is 174 Å². The van der Waals surface area contributed by atoms with Gasteiger partial charge in [0.25, 0.3) is 0 Å². The highest BCUT2D eigenvalue weighted by Crippen LogP contribution is 2.41. The molecule has 2 aromatic carbocycles. The van der Waals surface area contributed by atoms with E-state index in [2.05, 4.69) is 0 Å². The molecule has 7 heteroatoms. The maximum atomic E-state index is 12.0. The summed E-state index contributed by atoms with van der Waals surface area (Å²) in [4.78, 5) is 13.3. The average molecular weight is 424 g/mol. The zero-order valence-electron chi connectivity index (χ0n) is 15.8. The Kier molecular flexibility index (Phi) is 6.38. The zero-order valence-corrected chi connectivity index (χ0v) is 17.3. The van der Waals surface area contributed by atoms with Crippen LogP contribution < -0.4 is 4.74 Å². The van der Waals surface area contributed by atoms with Crippen molar-refractivity contribution in [3.63, 3.8) is 0 Å². The van der Waals surface area contributed by atoms with Gasteiger partial charge in [0.1, 0.15) is 0 Å². The molecule has 1 aliphatic heterocycles. The van der Waals surface area contributed by atoms with E-state index in [1.165, 1.54) is 4.90 Å². The van der Waals surface area contributed by atoms with Gasteiger partial charge >= 0.3 is 6.09 Å². The summed E-state index contributed by atoms with van der Waals surface area (Å²) in [6.07, 6.45) is 0.360. The van der Waals surface area contributed by atoms with E-state index in [-0.39, 0.29) is 0 Å². The minimum Gasteiger partial charge on any atom is -0.465 e. The van der Waals surface area contributed by atoms with Gasteiger partial charge in [-0.05, 0) is 44.4 Å². The Morgan fingerprint density at radius 3 is 2.43 bits per heavy atom. The van der Waals surface area contributed by atoms with Gasteiger partial charge in [-0.2, -0.15) is 0 Å². The van der Waals surface area contributed by atoms with E-state index in [1.807, 2.05) is 37.3 Å². The van der Waals surface area contributed by atoms with Crippen molar-refractivity contribution in [2.24, 2.45) is 0 Å². The van der Waals surface area contributed by atoms with Crippen molar-refractivity contribution in [1.82, 2.24) is 4.90 Å². The largest absolute Gasteiger partial charge is 0.465 e. The van der Waals surface area contributed by atoms with Gasteiger partial charge in [-0.25, -0.2) is 4.79 Å². The lowest BCUT2D eigenvalue weighted by atomic mass is 9.91. The number of aryl methyl sites for hydroxylation is 1. The van der Waals surface area contributed by atoms with Crippen molar-refractivity contribution in [3.05, 3.63) is 63.6 Å². The molecule has 1 heterocycles. The number of piperidine rings is 1. The molecule has 150 valence electrons. The van der Waals surface area contributed by atoms with Crippen molar-refractivity contribution in [2.45, 2.75) is 45.1 Å². The van der Waals surface area contributed by atoms with E-state index in [4.69, 9.17) is 32.7 Å². The van der Waals surface area contributed by atoms with Gasteiger partial charge < -0.3 is 14.6 Å². The third-order valence-corrected chi connectivity index (χ3v) is 5.39. The molecule has 0 bridgehead atoms. The summed E-state index contributed by atoms with van der Waals surface area (Å²) >= 11 is 12.6. The van der Waals surface area contributed by atoms with Crippen LogP contribution in [0.1, 0.15) is 37.3 Å². The molecule has 1 amide bonds. The molecule has 1 aliphatic rings. The number of rotatable bonds is 5. The van der Waals surface area contributed by atoms with Gasteiger partial charge in [-0.15, -0.1) is 0 Å². The lowest BCUT2D eigenvalue weighted by Crippen LogP contribution is -2.55. The summed E-state index contributed by atoms with van der Waals surface area (Å²) < 4.78 is 12.2. The normalized spacial score (nSPS) is 20.6. The van der Waals surface area contributed by atoms with Gasteiger partial charge in [0.05, 0.1) is 10.0 Å². The number of likely N-dealkylation sites (tertiary alicyclic amines) is 1. The fourth-order valence-electron chi connectivity index (χ4n) is 3.65. The second kappa shape index (κ2) is 8.60. The monoisotopic (exact) mass is 423 g/mol. The number of nitrogens with zero attached hydrogens (tertiary/aromatic N) is 1. The van der Waals surface area contributed by atoms with E-state index in [1.54, 1.807) is 19.1 Å². The first-order valence-corrected chi connectivity index (χ1v) is 9.95. The van der Waals surface area contributed by atoms with Crippen LogP contribution in [0.2, 0.25) is 10.0 Å². The van der Waals surface area contributed by atoms with Gasteiger partial charge in [-0.1, -0.05) is 53.5 Å². The predicted molar refractivity (Wildman–Crippen MR) is 109 cm³/mol. The van der Waals surface area contributed by atoms with Crippen LogP contribution in [0.3, 0.4) is 0 Å². The molecule has 28 heavy (non-hydrogen) atoms. The number of halogens is 2. The maximum Gasteiger partial charge on any atom is 0.409 e. The number of hydrogen-bond acceptors (Lipinski definition) is 3. The predicted octanol–water partition coefficient (Wildman–Crippen LogP) is 6.06. The lowest BCUT2D eigenvalue weighted by molar-refractivity contribution is -0.238. The number of amides is 1. The molecule has 2 aromatic rings. The molecule has 5 nitrogen and oxygen atoms in total. The summed E-state index contributed by atoms with van der Waals surface area (Å²) in [5.41, 5.74) is 0.559. The second-order valence-corrected chi connectivity index (χ2v) is 7.72. The minimum absolute atomic E-state index is 0.322. The van der Waals surface area contributed by atoms with Crippen LogP contribution in [0.15, 0.2) is 42.5 Å². The highest BCUT2D eigenvalue weighted by Gasteiger charge is 2.46. The Bertz CT molecular complexity index is 823. The van der Waals surface area contributed by atoms with Crippen LogP contribution in [0, 0.1) is 6.92 Å². The molecular formula is C21H23Cl2NO4. The third kappa shape index (κ3) is 4.22. The zero-order chi connectivity index (χ0) is 20.3. The molecule has 1 fully saturated rings. The minimum atomic E-state index is -1.13. The van der Waals surface area contributed by atoms with Crippen molar-refractivity contribution >= 4 is 29.3 Å². The van der Waals surface area contributed by atoms with E-state index < -0.39 is 18.1 Å². The van der Waals surface area contributed by atoms with Gasteiger partial charge in [0, 0.05) is 18.5 Å². The maximum absolute atomic E-state index is 12.0. The van der Waals surface area contributed by atoms with E-state index >= 15 is 0 Å². The fourth-order valence-corrected chi connectivity index (χ4v) is 4.34. The van der Waals surface area contributed by atoms with Gasteiger partial charge in [-0.3, -0.25) is 4.90 Å². The number of hydrogen-bond donors (Lipinski definition) is 1. The summed E-state index contributed by atoms with van der Waals surface area (Å²) in [7, 11) is 0. The molecule has 0 aromatic heterocycles. The summed E-state index contributed by atoms with van der Waals surface area (Å²) in [5, 5.41) is 10.6. The molecule has 1 saturated heterocycles. The highest BCUT2D eigenvalue weighted by molar-refractivity contribution is 6.37.